The summed E-state index contributed by atoms with van der Waals surface area (Å²) in [7, 11) is 0. The quantitative estimate of drug-likeness (QED) is 0.509. The van der Waals surface area contributed by atoms with Crippen LogP contribution >= 0.6 is 0 Å². The topological polar surface area (TPSA) is 156 Å². The molecule has 0 saturated heterocycles. The average molecular weight is 347 g/mol. The predicted molar refractivity (Wildman–Crippen MR) is 86.6 cm³/mol. The number of carboxylic acid groups (broad SMARTS) is 1. The van der Waals surface area contributed by atoms with Gasteiger partial charge in [0, 0.05) is 12.5 Å². The molecule has 0 heterocycles. The molecule has 130 valence electrons. The summed E-state index contributed by atoms with van der Waals surface area (Å²) in [6.45, 7) is 0. The van der Waals surface area contributed by atoms with E-state index in [4.69, 9.17) is 0 Å². The van der Waals surface area contributed by atoms with Crippen LogP contribution in [0.2, 0.25) is 0 Å². The Hall–Kier alpha value is -3.69. The van der Waals surface area contributed by atoms with Crippen LogP contribution in [0.25, 0.3) is 0 Å². The molecule has 0 bridgehead atoms. The van der Waals surface area contributed by atoms with Gasteiger partial charge in [-0.2, -0.15) is 0 Å². The van der Waals surface area contributed by atoms with Crippen LogP contribution in [0.1, 0.15) is 5.56 Å². The van der Waals surface area contributed by atoms with Gasteiger partial charge < -0.3 is 15.5 Å². The van der Waals surface area contributed by atoms with Gasteiger partial charge in [0.05, 0.1) is 15.9 Å². The molecule has 0 fully saturated rings. The normalized spacial score (nSPS) is 11.5. The molecule has 2 aromatic rings. The number of non-ortho nitro benzene ring substituents is 1. The molecule has 3 N–H and O–H groups in total. The van der Waals surface area contributed by atoms with Crippen molar-refractivity contribution in [2.75, 3.05) is 5.32 Å². The largest absolute Gasteiger partial charge is 0.508 e. The molecule has 0 saturated carbocycles. The zero-order chi connectivity index (χ0) is 18.6. The van der Waals surface area contributed by atoms with Crippen molar-refractivity contribution in [3.8, 4) is 5.75 Å². The van der Waals surface area contributed by atoms with E-state index in [1.165, 1.54) is 24.3 Å². The first-order valence-electron chi connectivity index (χ1n) is 6.98. The van der Waals surface area contributed by atoms with E-state index in [0.29, 0.717) is 5.56 Å². The van der Waals surface area contributed by atoms with Crippen molar-refractivity contribution in [3.63, 3.8) is 0 Å². The Balaban J connectivity index is 2.29. The smallest absolute Gasteiger partial charge is 0.326 e. The highest BCUT2D eigenvalue weighted by Crippen LogP contribution is 2.29. The minimum Gasteiger partial charge on any atom is -0.508 e. The van der Waals surface area contributed by atoms with Crippen molar-refractivity contribution in [2.24, 2.45) is 0 Å². The Morgan fingerprint density at radius 3 is 2.24 bits per heavy atom. The number of rotatable bonds is 7. The number of hydrogen-bond donors (Lipinski definition) is 3. The van der Waals surface area contributed by atoms with Crippen LogP contribution < -0.4 is 5.32 Å². The van der Waals surface area contributed by atoms with E-state index < -0.39 is 33.2 Å². The molecule has 10 nitrogen and oxygen atoms in total. The summed E-state index contributed by atoms with van der Waals surface area (Å²) in [6.07, 6.45) is -0.0102. The van der Waals surface area contributed by atoms with Gasteiger partial charge in [-0.05, 0) is 23.8 Å². The van der Waals surface area contributed by atoms with Crippen molar-refractivity contribution < 1.29 is 24.9 Å². The number of aromatic hydroxyl groups is 1. The molecular weight excluding hydrogens is 334 g/mol. The molecule has 2 aromatic carbocycles. The predicted octanol–water partition coefficient (Wildman–Crippen LogP) is 2.32. The minimum absolute atomic E-state index is 0.0102. The van der Waals surface area contributed by atoms with Gasteiger partial charge in [-0.25, -0.2) is 4.79 Å². The number of anilines is 1. The summed E-state index contributed by atoms with van der Waals surface area (Å²) >= 11 is 0. The van der Waals surface area contributed by atoms with Crippen LogP contribution in [0.4, 0.5) is 17.1 Å². The van der Waals surface area contributed by atoms with Gasteiger partial charge in [-0.15, -0.1) is 0 Å². The molecule has 0 unspecified atom stereocenters. The molecule has 0 aliphatic rings. The lowest BCUT2D eigenvalue weighted by Crippen LogP contribution is -2.31. The van der Waals surface area contributed by atoms with Crippen LogP contribution in [-0.2, 0) is 11.2 Å². The van der Waals surface area contributed by atoms with E-state index in [0.717, 1.165) is 18.2 Å². The first-order chi connectivity index (χ1) is 11.8. The summed E-state index contributed by atoms with van der Waals surface area (Å²) in [5.74, 6) is -1.23. The zero-order valence-corrected chi connectivity index (χ0v) is 12.7. The fraction of sp³-hybridized carbons (Fsp3) is 0.133. The summed E-state index contributed by atoms with van der Waals surface area (Å²) in [4.78, 5) is 31.7. The lowest BCUT2D eigenvalue weighted by atomic mass is 10.1. The third-order valence-electron chi connectivity index (χ3n) is 3.39. The molecule has 0 radical (unpaired) electrons. The summed E-state index contributed by atoms with van der Waals surface area (Å²) in [5.41, 5.74) is -0.613. The number of phenols is 1. The Kier molecular flexibility index (Phi) is 5.12. The average Bonchev–Trinajstić information content (AvgIpc) is 2.55. The van der Waals surface area contributed by atoms with Crippen LogP contribution in [0.3, 0.4) is 0 Å². The maximum atomic E-state index is 11.4. The van der Waals surface area contributed by atoms with Crippen LogP contribution in [-0.4, -0.2) is 32.1 Å². The van der Waals surface area contributed by atoms with E-state index in [2.05, 4.69) is 5.32 Å². The van der Waals surface area contributed by atoms with Crippen LogP contribution in [0, 0.1) is 20.2 Å². The fourth-order valence-electron chi connectivity index (χ4n) is 2.16. The maximum absolute atomic E-state index is 11.4. The van der Waals surface area contributed by atoms with E-state index >= 15 is 0 Å². The van der Waals surface area contributed by atoms with E-state index in [1.54, 1.807) is 0 Å². The van der Waals surface area contributed by atoms with Gasteiger partial charge in [-0.1, -0.05) is 12.1 Å². The van der Waals surface area contributed by atoms with Crippen LogP contribution in [0.15, 0.2) is 42.5 Å². The first kappa shape index (κ1) is 17.7. The van der Waals surface area contributed by atoms with Crippen LogP contribution in [0.5, 0.6) is 5.75 Å². The van der Waals surface area contributed by atoms with Gasteiger partial charge in [0.25, 0.3) is 11.4 Å². The molecule has 2 rings (SSSR count). The molecule has 0 spiro atoms. The molecule has 0 aliphatic carbocycles. The second-order valence-corrected chi connectivity index (χ2v) is 5.12. The van der Waals surface area contributed by atoms with E-state index in [9.17, 15) is 35.2 Å². The monoisotopic (exact) mass is 347 g/mol. The lowest BCUT2D eigenvalue weighted by Gasteiger charge is -2.16. The number of hydrogen-bond acceptors (Lipinski definition) is 7. The molecule has 25 heavy (non-hydrogen) atoms. The number of nitrogens with zero attached hydrogens (tertiary/aromatic N) is 2. The number of carboxylic acids is 1. The van der Waals surface area contributed by atoms with Crippen molar-refractivity contribution in [3.05, 3.63) is 68.3 Å². The highest BCUT2D eigenvalue weighted by molar-refractivity contribution is 5.79. The fourth-order valence-corrected chi connectivity index (χ4v) is 2.16. The number of nitro groups is 2. The number of nitro benzene ring substituents is 2. The molecular formula is C15H13N3O7. The highest BCUT2D eigenvalue weighted by Gasteiger charge is 2.24. The number of carbonyl (C=O) groups is 1. The number of aliphatic carboxylic acids is 1. The highest BCUT2D eigenvalue weighted by atomic mass is 16.6. The number of nitrogens with one attached hydrogen (secondary N) is 1. The molecule has 0 amide bonds. The molecule has 1 atom stereocenters. The lowest BCUT2D eigenvalue weighted by molar-refractivity contribution is -0.393. The standard InChI is InChI=1S/C15H13N3O7/c19-11-4-1-9(2-5-11)7-13(15(20)21)16-12-6-3-10(17(22)23)8-14(12)18(24)25/h1-6,8,13,16,19H,7H2,(H,20,21)/t13-/m1/s1. The second-order valence-electron chi connectivity index (χ2n) is 5.12. The SMILES string of the molecule is O=C(O)[C@@H](Cc1ccc(O)cc1)Nc1ccc([N+](=O)[O-])cc1[N+](=O)[O-]. The van der Waals surface area contributed by atoms with Crippen molar-refractivity contribution in [1.82, 2.24) is 0 Å². The van der Waals surface area contributed by atoms with Crippen molar-refractivity contribution >= 4 is 23.0 Å². The molecule has 10 heteroatoms. The second kappa shape index (κ2) is 7.25. The van der Waals surface area contributed by atoms with Crippen molar-refractivity contribution in [1.29, 1.82) is 0 Å². The molecule has 0 aliphatic heterocycles. The summed E-state index contributed by atoms with van der Waals surface area (Å²) in [5, 5.41) is 43.0. The van der Waals surface area contributed by atoms with Crippen molar-refractivity contribution in [2.45, 2.75) is 12.5 Å². The zero-order valence-electron chi connectivity index (χ0n) is 12.7. The minimum atomic E-state index is -1.25. The summed E-state index contributed by atoms with van der Waals surface area (Å²) < 4.78 is 0. The number of phenolic OH excluding ortho intramolecular Hbond substituents is 1. The third-order valence-corrected chi connectivity index (χ3v) is 3.39. The van der Waals surface area contributed by atoms with Gasteiger partial charge >= 0.3 is 5.97 Å². The first-order valence-corrected chi connectivity index (χ1v) is 6.98. The van der Waals surface area contributed by atoms with E-state index in [-0.39, 0.29) is 17.9 Å². The number of benzene rings is 2. The maximum Gasteiger partial charge on any atom is 0.326 e. The van der Waals surface area contributed by atoms with Gasteiger partial charge in [-0.3, -0.25) is 20.2 Å². The van der Waals surface area contributed by atoms with Gasteiger partial charge in [0.2, 0.25) is 0 Å². The Morgan fingerprint density at radius 1 is 1.08 bits per heavy atom. The molecule has 0 aromatic heterocycles. The van der Waals surface area contributed by atoms with Gasteiger partial charge in [0.15, 0.2) is 0 Å². The third kappa shape index (κ3) is 4.41. The van der Waals surface area contributed by atoms with E-state index in [1.807, 2.05) is 0 Å². The Morgan fingerprint density at radius 2 is 1.72 bits per heavy atom. The van der Waals surface area contributed by atoms with Gasteiger partial charge in [0.1, 0.15) is 17.5 Å². The Bertz CT molecular complexity index is 820. The summed E-state index contributed by atoms with van der Waals surface area (Å²) in [6, 6.07) is 7.55. The Labute approximate surface area is 140 Å².